The van der Waals surface area contributed by atoms with Gasteiger partial charge in [-0.3, -0.25) is 0 Å². The molecule has 2 fully saturated rings. The molecule has 1 heterocycles. The average Bonchev–Trinajstić information content (AvgIpc) is 3.00. The Morgan fingerprint density at radius 3 is 2.55 bits per heavy atom. The first-order valence-electron chi connectivity index (χ1n) is 8.61. The Hall–Kier alpha value is -0.340. The second-order valence-corrected chi connectivity index (χ2v) is 8.16. The molecule has 0 amide bonds. The van der Waals surface area contributed by atoms with Gasteiger partial charge < -0.3 is 5.32 Å². The zero-order valence-corrected chi connectivity index (χ0v) is 13.7. The van der Waals surface area contributed by atoms with Crippen LogP contribution in [0.25, 0.3) is 0 Å². The third-order valence-electron chi connectivity index (χ3n) is 5.30. The SMILES string of the molecule is CCc1ccc(CCC2(CCNC3CC3)CCCC2)s1. The van der Waals surface area contributed by atoms with Crippen LogP contribution in [0, 0.1) is 5.41 Å². The number of hydrogen-bond acceptors (Lipinski definition) is 2. The average molecular weight is 292 g/mol. The Morgan fingerprint density at radius 2 is 1.90 bits per heavy atom. The molecule has 1 N–H and O–H groups in total. The van der Waals surface area contributed by atoms with E-state index in [9.17, 15) is 0 Å². The zero-order valence-electron chi connectivity index (χ0n) is 12.9. The van der Waals surface area contributed by atoms with Crippen molar-refractivity contribution in [3.63, 3.8) is 0 Å². The predicted molar refractivity (Wildman–Crippen MR) is 88.6 cm³/mol. The Bertz CT molecular complexity index is 413. The summed E-state index contributed by atoms with van der Waals surface area (Å²) in [4.78, 5) is 3.17. The van der Waals surface area contributed by atoms with E-state index in [0.717, 1.165) is 6.04 Å². The molecule has 2 aliphatic rings. The zero-order chi connectivity index (χ0) is 13.8. The lowest BCUT2D eigenvalue weighted by atomic mass is 9.78. The molecule has 2 heteroatoms. The third kappa shape index (κ3) is 3.85. The van der Waals surface area contributed by atoms with Crippen molar-refractivity contribution in [1.29, 1.82) is 0 Å². The lowest BCUT2D eigenvalue weighted by Crippen LogP contribution is -2.26. The van der Waals surface area contributed by atoms with Gasteiger partial charge in [0, 0.05) is 15.8 Å². The molecule has 2 aliphatic carbocycles. The molecule has 1 aromatic heterocycles. The topological polar surface area (TPSA) is 12.0 Å². The number of hydrogen-bond donors (Lipinski definition) is 1. The van der Waals surface area contributed by atoms with Gasteiger partial charge in [0.05, 0.1) is 0 Å². The first-order chi connectivity index (χ1) is 9.80. The molecule has 0 radical (unpaired) electrons. The quantitative estimate of drug-likeness (QED) is 0.715. The monoisotopic (exact) mass is 291 g/mol. The van der Waals surface area contributed by atoms with E-state index >= 15 is 0 Å². The van der Waals surface area contributed by atoms with Gasteiger partial charge >= 0.3 is 0 Å². The van der Waals surface area contributed by atoms with E-state index in [0.29, 0.717) is 5.41 Å². The summed E-state index contributed by atoms with van der Waals surface area (Å²) in [6.45, 7) is 3.52. The Labute approximate surface area is 128 Å². The van der Waals surface area contributed by atoms with Crippen molar-refractivity contribution in [2.75, 3.05) is 6.54 Å². The Morgan fingerprint density at radius 1 is 1.15 bits per heavy atom. The molecule has 112 valence electrons. The maximum Gasteiger partial charge on any atom is 0.00682 e. The smallest absolute Gasteiger partial charge is 0.00682 e. The minimum atomic E-state index is 0.665. The van der Waals surface area contributed by atoms with Crippen molar-refractivity contribution in [3.8, 4) is 0 Å². The summed E-state index contributed by atoms with van der Waals surface area (Å²) in [7, 11) is 0. The molecule has 0 unspecified atom stereocenters. The second-order valence-electron chi connectivity index (χ2n) is 6.91. The molecular formula is C18H29NS. The van der Waals surface area contributed by atoms with Gasteiger partial charge in [0.25, 0.3) is 0 Å². The molecule has 1 aromatic rings. The van der Waals surface area contributed by atoms with Crippen molar-refractivity contribution in [3.05, 3.63) is 21.9 Å². The number of nitrogens with one attached hydrogen (secondary N) is 1. The summed E-state index contributed by atoms with van der Waals surface area (Å²) in [5, 5.41) is 3.72. The summed E-state index contributed by atoms with van der Waals surface area (Å²) >= 11 is 2.04. The molecule has 0 bridgehead atoms. The minimum Gasteiger partial charge on any atom is -0.314 e. The highest BCUT2D eigenvalue weighted by Gasteiger charge is 2.33. The molecule has 2 saturated carbocycles. The van der Waals surface area contributed by atoms with Gasteiger partial charge in [0.2, 0.25) is 0 Å². The van der Waals surface area contributed by atoms with Gasteiger partial charge in [-0.15, -0.1) is 11.3 Å². The second kappa shape index (κ2) is 6.62. The molecule has 0 aromatic carbocycles. The van der Waals surface area contributed by atoms with Gasteiger partial charge in [0.15, 0.2) is 0 Å². The van der Waals surface area contributed by atoms with E-state index in [4.69, 9.17) is 0 Å². The van der Waals surface area contributed by atoms with E-state index in [2.05, 4.69) is 24.4 Å². The summed E-state index contributed by atoms with van der Waals surface area (Å²) < 4.78 is 0. The van der Waals surface area contributed by atoms with Crippen LogP contribution < -0.4 is 5.32 Å². The van der Waals surface area contributed by atoms with Gasteiger partial charge in [0.1, 0.15) is 0 Å². The maximum absolute atomic E-state index is 3.72. The van der Waals surface area contributed by atoms with Crippen molar-refractivity contribution < 1.29 is 0 Å². The summed E-state index contributed by atoms with van der Waals surface area (Å²) in [6.07, 6.45) is 14.1. The summed E-state index contributed by atoms with van der Waals surface area (Å²) in [5.74, 6) is 0. The first-order valence-corrected chi connectivity index (χ1v) is 9.42. The molecule has 0 saturated heterocycles. The van der Waals surface area contributed by atoms with Gasteiger partial charge in [-0.2, -0.15) is 0 Å². The van der Waals surface area contributed by atoms with Crippen molar-refractivity contribution in [2.45, 2.75) is 77.2 Å². The normalized spacial score (nSPS) is 21.4. The molecule has 0 aliphatic heterocycles. The van der Waals surface area contributed by atoms with Crippen LogP contribution in [0.3, 0.4) is 0 Å². The molecule has 3 rings (SSSR count). The molecule has 20 heavy (non-hydrogen) atoms. The van der Waals surface area contributed by atoms with E-state index < -0.39 is 0 Å². The fraction of sp³-hybridized carbons (Fsp3) is 0.778. The van der Waals surface area contributed by atoms with E-state index in [-0.39, 0.29) is 0 Å². The van der Waals surface area contributed by atoms with Gasteiger partial charge in [-0.05, 0) is 75.5 Å². The van der Waals surface area contributed by atoms with Crippen LogP contribution in [0.5, 0.6) is 0 Å². The fourth-order valence-corrected chi connectivity index (χ4v) is 4.67. The predicted octanol–water partition coefficient (Wildman–Crippen LogP) is 4.95. The first kappa shape index (κ1) is 14.6. The highest BCUT2D eigenvalue weighted by atomic mass is 32.1. The summed E-state index contributed by atoms with van der Waals surface area (Å²) in [6, 6.07) is 5.57. The molecule has 1 nitrogen and oxygen atoms in total. The number of thiophene rings is 1. The van der Waals surface area contributed by atoms with Gasteiger partial charge in [-0.1, -0.05) is 19.8 Å². The Balaban J connectivity index is 1.50. The van der Waals surface area contributed by atoms with Crippen LogP contribution in [0.2, 0.25) is 0 Å². The number of aryl methyl sites for hydroxylation is 2. The standard InChI is InChI=1S/C18H29NS/c1-2-16-7-8-17(20-16)9-12-18(10-3-4-11-18)13-14-19-15-5-6-15/h7-8,15,19H,2-6,9-14H2,1H3. The van der Waals surface area contributed by atoms with Gasteiger partial charge in [-0.25, -0.2) is 0 Å². The van der Waals surface area contributed by atoms with Crippen molar-refractivity contribution in [1.82, 2.24) is 5.32 Å². The Kier molecular flexibility index (Phi) is 4.83. The van der Waals surface area contributed by atoms with Crippen LogP contribution in [-0.4, -0.2) is 12.6 Å². The molecular weight excluding hydrogens is 262 g/mol. The van der Waals surface area contributed by atoms with Crippen LogP contribution in [-0.2, 0) is 12.8 Å². The van der Waals surface area contributed by atoms with Crippen LogP contribution >= 0.6 is 11.3 Å². The fourth-order valence-electron chi connectivity index (χ4n) is 3.71. The highest BCUT2D eigenvalue weighted by molar-refractivity contribution is 7.11. The van der Waals surface area contributed by atoms with Crippen molar-refractivity contribution in [2.24, 2.45) is 5.41 Å². The molecule has 0 spiro atoms. The molecule has 0 atom stereocenters. The van der Waals surface area contributed by atoms with Crippen LogP contribution in [0.1, 0.15) is 68.0 Å². The van der Waals surface area contributed by atoms with Crippen molar-refractivity contribution >= 4 is 11.3 Å². The lowest BCUT2D eigenvalue weighted by molar-refractivity contribution is 0.245. The number of rotatable bonds is 8. The lowest BCUT2D eigenvalue weighted by Gasteiger charge is -2.29. The minimum absolute atomic E-state index is 0.665. The van der Waals surface area contributed by atoms with Crippen LogP contribution in [0.15, 0.2) is 12.1 Å². The van der Waals surface area contributed by atoms with Crippen LogP contribution in [0.4, 0.5) is 0 Å². The van der Waals surface area contributed by atoms with E-state index in [1.807, 2.05) is 11.3 Å². The summed E-state index contributed by atoms with van der Waals surface area (Å²) in [5.41, 5.74) is 0.665. The largest absolute Gasteiger partial charge is 0.314 e. The third-order valence-corrected chi connectivity index (χ3v) is 6.59. The highest BCUT2D eigenvalue weighted by Crippen LogP contribution is 2.45. The van der Waals surface area contributed by atoms with E-state index in [1.54, 1.807) is 9.75 Å². The maximum atomic E-state index is 3.72. The van der Waals surface area contributed by atoms with E-state index in [1.165, 1.54) is 70.8 Å².